The Bertz CT molecular complexity index is 833. The number of nitrogens with two attached hydrogens (primary N) is 1. The molecule has 138 valence electrons. The summed E-state index contributed by atoms with van der Waals surface area (Å²) in [7, 11) is 0. The summed E-state index contributed by atoms with van der Waals surface area (Å²) in [5.74, 6) is 0.840. The highest BCUT2D eigenvalue weighted by molar-refractivity contribution is 5.99. The second kappa shape index (κ2) is 9.85. The Balaban J connectivity index is 0.00000243. The fraction of sp³-hybridized carbons (Fsp3) is 0.250. The van der Waals surface area contributed by atoms with Gasteiger partial charge in [0.15, 0.2) is 5.76 Å². The Morgan fingerprint density at radius 2 is 1.77 bits per heavy atom. The number of nitrogens with one attached hydrogen (secondary N) is 1. The van der Waals surface area contributed by atoms with Crippen LogP contribution in [0.5, 0.6) is 5.75 Å². The minimum atomic E-state index is -0.222. The number of carbonyl (C=O) groups excluding carboxylic acids is 1. The van der Waals surface area contributed by atoms with Crippen molar-refractivity contribution < 1.29 is 13.9 Å². The average molecular weight is 375 g/mol. The van der Waals surface area contributed by atoms with E-state index in [-0.39, 0.29) is 24.9 Å². The molecule has 0 unspecified atom stereocenters. The molecule has 3 N–H and O–H groups in total. The van der Waals surface area contributed by atoms with Crippen molar-refractivity contribution in [3.05, 3.63) is 65.9 Å². The summed E-state index contributed by atoms with van der Waals surface area (Å²) in [6.45, 7) is 1.47. The molecule has 1 heterocycles. The summed E-state index contributed by atoms with van der Waals surface area (Å²) in [5.41, 5.74) is 6.92. The largest absolute Gasteiger partial charge is 0.489 e. The van der Waals surface area contributed by atoms with Gasteiger partial charge in [0.2, 0.25) is 0 Å². The Hall–Kier alpha value is -2.50. The molecule has 0 spiro atoms. The Labute approximate surface area is 158 Å². The van der Waals surface area contributed by atoms with E-state index < -0.39 is 0 Å². The Morgan fingerprint density at radius 1 is 1.04 bits per heavy atom. The molecular weight excluding hydrogens is 352 g/mol. The molecule has 0 atom stereocenters. The lowest BCUT2D eigenvalue weighted by Gasteiger charge is -2.07. The number of amides is 1. The minimum Gasteiger partial charge on any atom is -0.489 e. The molecule has 26 heavy (non-hydrogen) atoms. The van der Waals surface area contributed by atoms with E-state index in [1.807, 2.05) is 54.6 Å². The zero-order valence-corrected chi connectivity index (χ0v) is 15.3. The molecule has 0 aliphatic heterocycles. The van der Waals surface area contributed by atoms with Crippen molar-refractivity contribution in [3.63, 3.8) is 0 Å². The summed E-state index contributed by atoms with van der Waals surface area (Å²) in [4.78, 5) is 12.5. The predicted octanol–water partition coefficient (Wildman–Crippen LogP) is 3.90. The standard InChI is InChI=1S/C20H22N2O3.ClH/c21-12-6-7-13-22-20(23)19-17(14-24-15-8-2-1-3-9-15)16-10-4-5-11-18(16)25-19;/h1-5,8-11H,6-7,12-14,21H2,(H,22,23);1H. The zero-order chi connectivity index (χ0) is 17.5. The number of ether oxygens (including phenoxy) is 1. The van der Waals surface area contributed by atoms with Crippen LogP contribution in [0, 0.1) is 0 Å². The van der Waals surface area contributed by atoms with Gasteiger partial charge in [0.25, 0.3) is 5.91 Å². The third kappa shape index (κ3) is 4.77. The molecule has 0 aliphatic rings. The first kappa shape index (κ1) is 19.8. The van der Waals surface area contributed by atoms with E-state index in [2.05, 4.69) is 5.32 Å². The zero-order valence-electron chi connectivity index (χ0n) is 14.4. The third-order valence-corrected chi connectivity index (χ3v) is 3.95. The molecule has 0 aliphatic carbocycles. The van der Waals surface area contributed by atoms with Crippen LogP contribution in [0.25, 0.3) is 11.0 Å². The Morgan fingerprint density at radius 3 is 2.54 bits per heavy atom. The van der Waals surface area contributed by atoms with Crippen molar-refractivity contribution >= 4 is 29.3 Å². The first-order valence-electron chi connectivity index (χ1n) is 8.46. The number of halogens is 1. The number of benzene rings is 2. The fourth-order valence-electron chi connectivity index (χ4n) is 2.65. The molecule has 0 saturated carbocycles. The van der Waals surface area contributed by atoms with Gasteiger partial charge in [-0.05, 0) is 37.6 Å². The molecule has 2 aromatic carbocycles. The molecule has 1 aromatic heterocycles. The normalized spacial score (nSPS) is 10.3. The Kier molecular flexibility index (Phi) is 7.51. The van der Waals surface area contributed by atoms with Crippen LogP contribution in [0.3, 0.4) is 0 Å². The number of hydrogen-bond acceptors (Lipinski definition) is 4. The topological polar surface area (TPSA) is 77.5 Å². The van der Waals surface area contributed by atoms with Crippen molar-refractivity contribution in [1.29, 1.82) is 0 Å². The van der Waals surface area contributed by atoms with Gasteiger partial charge < -0.3 is 20.2 Å². The second-order valence-corrected chi connectivity index (χ2v) is 5.76. The number of hydrogen-bond donors (Lipinski definition) is 2. The summed E-state index contributed by atoms with van der Waals surface area (Å²) < 4.78 is 11.6. The van der Waals surface area contributed by atoms with Crippen molar-refractivity contribution in [2.45, 2.75) is 19.4 Å². The van der Waals surface area contributed by atoms with Crippen LogP contribution in [0.15, 0.2) is 59.0 Å². The van der Waals surface area contributed by atoms with Gasteiger partial charge in [-0.3, -0.25) is 4.79 Å². The van der Waals surface area contributed by atoms with E-state index in [9.17, 15) is 4.79 Å². The van der Waals surface area contributed by atoms with Crippen LogP contribution < -0.4 is 15.8 Å². The van der Waals surface area contributed by atoms with E-state index in [1.165, 1.54) is 0 Å². The first-order chi connectivity index (χ1) is 12.3. The number of fused-ring (bicyclic) bond motifs is 1. The molecule has 0 radical (unpaired) electrons. The number of para-hydroxylation sites is 2. The lowest BCUT2D eigenvalue weighted by atomic mass is 10.1. The van der Waals surface area contributed by atoms with E-state index in [4.69, 9.17) is 14.9 Å². The summed E-state index contributed by atoms with van der Waals surface area (Å²) in [6.07, 6.45) is 1.72. The van der Waals surface area contributed by atoms with Gasteiger partial charge in [-0.2, -0.15) is 0 Å². The molecule has 3 rings (SSSR count). The average Bonchev–Trinajstić information content (AvgIpc) is 3.03. The number of rotatable bonds is 8. The minimum absolute atomic E-state index is 0. The smallest absolute Gasteiger partial charge is 0.287 e. The van der Waals surface area contributed by atoms with Gasteiger partial charge in [0, 0.05) is 17.5 Å². The SMILES string of the molecule is Cl.NCCCCNC(=O)c1oc2ccccc2c1COc1ccccc1. The van der Waals surface area contributed by atoms with Gasteiger partial charge in [0.1, 0.15) is 17.9 Å². The molecule has 0 fully saturated rings. The van der Waals surface area contributed by atoms with Crippen LogP contribution in [-0.4, -0.2) is 19.0 Å². The van der Waals surface area contributed by atoms with Crippen molar-refractivity contribution in [3.8, 4) is 5.75 Å². The lowest BCUT2D eigenvalue weighted by molar-refractivity contribution is 0.0924. The maximum absolute atomic E-state index is 12.5. The number of unbranched alkanes of at least 4 members (excludes halogenated alkanes) is 1. The lowest BCUT2D eigenvalue weighted by Crippen LogP contribution is -2.25. The van der Waals surface area contributed by atoms with Crippen LogP contribution in [-0.2, 0) is 6.61 Å². The number of furan rings is 1. The molecular formula is C20H23ClN2O3. The van der Waals surface area contributed by atoms with E-state index >= 15 is 0 Å². The molecule has 0 saturated heterocycles. The molecule has 1 amide bonds. The summed E-state index contributed by atoms with van der Waals surface area (Å²) >= 11 is 0. The highest BCUT2D eigenvalue weighted by atomic mass is 35.5. The third-order valence-electron chi connectivity index (χ3n) is 3.95. The quantitative estimate of drug-likeness (QED) is 0.586. The van der Waals surface area contributed by atoms with Gasteiger partial charge in [0.05, 0.1) is 0 Å². The van der Waals surface area contributed by atoms with Gasteiger partial charge >= 0.3 is 0 Å². The highest BCUT2D eigenvalue weighted by Crippen LogP contribution is 2.27. The highest BCUT2D eigenvalue weighted by Gasteiger charge is 2.20. The predicted molar refractivity (Wildman–Crippen MR) is 105 cm³/mol. The van der Waals surface area contributed by atoms with Gasteiger partial charge in [-0.1, -0.05) is 36.4 Å². The number of carbonyl (C=O) groups is 1. The summed E-state index contributed by atoms with van der Waals surface area (Å²) in [5, 5.41) is 3.78. The van der Waals surface area contributed by atoms with Crippen LogP contribution in [0.1, 0.15) is 29.0 Å². The molecule has 6 heteroatoms. The van der Waals surface area contributed by atoms with Gasteiger partial charge in [-0.25, -0.2) is 0 Å². The monoisotopic (exact) mass is 374 g/mol. The van der Waals surface area contributed by atoms with Crippen molar-refractivity contribution in [2.24, 2.45) is 5.73 Å². The molecule has 5 nitrogen and oxygen atoms in total. The van der Waals surface area contributed by atoms with Crippen molar-refractivity contribution in [1.82, 2.24) is 5.32 Å². The van der Waals surface area contributed by atoms with Crippen LogP contribution in [0.4, 0.5) is 0 Å². The van der Waals surface area contributed by atoms with E-state index in [0.717, 1.165) is 29.5 Å². The maximum Gasteiger partial charge on any atom is 0.287 e. The van der Waals surface area contributed by atoms with Gasteiger partial charge in [-0.15, -0.1) is 12.4 Å². The van der Waals surface area contributed by atoms with Crippen LogP contribution in [0.2, 0.25) is 0 Å². The van der Waals surface area contributed by atoms with Crippen molar-refractivity contribution in [2.75, 3.05) is 13.1 Å². The first-order valence-corrected chi connectivity index (χ1v) is 8.46. The summed E-state index contributed by atoms with van der Waals surface area (Å²) in [6, 6.07) is 17.1. The fourth-order valence-corrected chi connectivity index (χ4v) is 2.65. The van der Waals surface area contributed by atoms with Crippen LogP contribution >= 0.6 is 12.4 Å². The van der Waals surface area contributed by atoms with E-state index in [0.29, 0.717) is 24.4 Å². The molecule has 0 bridgehead atoms. The van der Waals surface area contributed by atoms with E-state index in [1.54, 1.807) is 0 Å². The molecule has 3 aromatic rings. The second-order valence-electron chi connectivity index (χ2n) is 5.76. The maximum atomic E-state index is 12.5.